The molecule has 0 aromatic heterocycles. The Bertz CT molecular complexity index is 815. The molecule has 1 aliphatic heterocycles. The maximum absolute atomic E-state index is 11.8. The Hall–Kier alpha value is -2.46. The van der Waals surface area contributed by atoms with E-state index in [9.17, 15) is 19.2 Å². The summed E-state index contributed by atoms with van der Waals surface area (Å²) in [5.41, 5.74) is 0. The zero-order valence-corrected chi connectivity index (χ0v) is 20.6. The van der Waals surface area contributed by atoms with E-state index in [0.29, 0.717) is 5.32 Å². The Morgan fingerprint density at radius 1 is 0.818 bits per heavy atom. The first kappa shape index (κ1) is 26.8. The number of rotatable bonds is 10. The van der Waals surface area contributed by atoms with Gasteiger partial charge < -0.3 is 0 Å². The molecule has 0 saturated carbocycles. The summed E-state index contributed by atoms with van der Waals surface area (Å²) in [4.78, 5) is 46.6. The van der Waals surface area contributed by atoms with Crippen molar-refractivity contribution in [1.29, 1.82) is 0 Å². The van der Waals surface area contributed by atoms with Crippen molar-refractivity contribution < 1.29 is 47.6 Å². The first-order valence-electron chi connectivity index (χ1n) is 10.3. The summed E-state index contributed by atoms with van der Waals surface area (Å²) < 4.78 is 34.0. The monoisotopic (exact) mass is 532 g/mol. The molecule has 33 heavy (non-hydrogen) atoms. The number of hydrogen-bond acceptors (Lipinski definition) is 10. The summed E-state index contributed by atoms with van der Waals surface area (Å²) in [6.45, 7) is 4.72. The summed E-state index contributed by atoms with van der Waals surface area (Å²) in [6.07, 6.45) is -5.78. The van der Waals surface area contributed by atoms with Gasteiger partial charge in [-0.2, -0.15) is 0 Å². The predicted octanol–water partition coefficient (Wildman–Crippen LogP) is 0.534. The fourth-order valence-corrected chi connectivity index (χ4v) is 4.77. The molecule has 1 aromatic rings. The molecule has 3 unspecified atom stereocenters. The van der Waals surface area contributed by atoms with Gasteiger partial charge in [0.2, 0.25) is 0 Å². The summed E-state index contributed by atoms with van der Waals surface area (Å²) in [6, 6.07) is 9.89. The third kappa shape index (κ3) is 9.13. The molecule has 2 rings (SSSR count). The van der Waals surface area contributed by atoms with Gasteiger partial charge >= 0.3 is 198 Å². The number of benzene rings is 1. The van der Waals surface area contributed by atoms with Crippen LogP contribution in [0, 0.1) is 0 Å². The van der Waals surface area contributed by atoms with E-state index in [2.05, 4.69) is 0 Å². The second-order valence-corrected chi connectivity index (χ2v) is 9.55. The number of esters is 4. The van der Waals surface area contributed by atoms with Crippen molar-refractivity contribution in [2.24, 2.45) is 0 Å². The number of ether oxygens (including phenoxy) is 6. The summed E-state index contributed by atoms with van der Waals surface area (Å²) in [5, 5.41) is 0.698. The van der Waals surface area contributed by atoms with Crippen LogP contribution in [0.5, 0.6) is 0 Å². The van der Waals surface area contributed by atoms with Crippen LogP contribution >= 0.6 is 0 Å². The topological polar surface area (TPSA) is 124 Å². The zero-order valence-electron chi connectivity index (χ0n) is 18.9. The van der Waals surface area contributed by atoms with E-state index in [1.807, 2.05) is 30.3 Å². The van der Waals surface area contributed by atoms with Crippen LogP contribution in [-0.4, -0.2) is 82.8 Å². The van der Waals surface area contributed by atoms with Crippen LogP contribution in [0.25, 0.3) is 0 Å². The molecule has 1 heterocycles. The molecule has 1 aromatic carbocycles. The Balaban J connectivity index is 2.21. The molecule has 1 aliphatic rings. The van der Waals surface area contributed by atoms with Crippen molar-refractivity contribution in [2.75, 3.05) is 13.2 Å². The number of carbonyl (C=O) groups is 4. The van der Waals surface area contributed by atoms with Crippen molar-refractivity contribution in [1.82, 2.24) is 0 Å². The van der Waals surface area contributed by atoms with Crippen molar-refractivity contribution in [3.05, 3.63) is 30.3 Å². The second-order valence-electron chi connectivity index (χ2n) is 7.10. The molecule has 0 amide bonds. The minimum absolute atomic E-state index is 0.138. The van der Waals surface area contributed by atoms with Gasteiger partial charge in [-0.05, 0) is 0 Å². The van der Waals surface area contributed by atoms with Gasteiger partial charge in [-0.25, -0.2) is 0 Å². The molecular formula is C22H28O10Se. The molecule has 5 atom stereocenters. The van der Waals surface area contributed by atoms with Gasteiger partial charge in [0.25, 0.3) is 0 Å². The normalized spacial score (nSPS) is 24.4. The van der Waals surface area contributed by atoms with Gasteiger partial charge in [-0.3, -0.25) is 0 Å². The third-order valence-electron chi connectivity index (χ3n) is 4.33. The fraction of sp³-hybridized carbons (Fsp3) is 0.545. The Labute approximate surface area is 198 Å². The molecular weight excluding hydrogens is 503 g/mol. The van der Waals surface area contributed by atoms with Gasteiger partial charge in [0, 0.05) is 0 Å². The van der Waals surface area contributed by atoms with E-state index in [-0.39, 0.29) is 28.2 Å². The maximum atomic E-state index is 11.8. The van der Waals surface area contributed by atoms with Crippen LogP contribution in [0.2, 0.25) is 5.32 Å². The molecule has 0 radical (unpaired) electrons. The molecule has 1 saturated heterocycles. The summed E-state index contributed by atoms with van der Waals surface area (Å²) in [7, 11) is 0. The SMILES string of the molecule is CC(=O)OCC1O[C@@H](OCC[Se]c2ccccc2)C(OC(C)=O)C(OC(C)=O)[C@@H]1OC(C)=O. The molecule has 0 spiro atoms. The van der Waals surface area contributed by atoms with Gasteiger partial charge in [-0.15, -0.1) is 0 Å². The van der Waals surface area contributed by atoms with Crippen LogP contribution in [-0.2, 0) is 47.6 Å². The van der Waals surface area contributed by atoms with Gasteiger partial charge in [0.1, 0.15) is 0 Å². The summed E-state index contributed by atoms with van der Waals surface area (Å²) in [5.74, 6) is -2.61. The standard InChI is InChI=1S/C22H28O10Se/c1-13(23)28-12-18-19(29-14(2)24)20(30-15(3)25)21(31-16(4)26)22(32-18)27-10-11-33-17-8-6-5-7-9-17/h5-9,18-22H,10-12H2,1-4H3/t18?,19-,20?,21?,22-/m1/s1. The van der Waals surface area contributed by atoms with Crippen LogP contribution in [0.1, 0.15) is 27.7 Å². The average molecular weight is 531 g/mol. The van der Waals surface area contributed by atoms with E-state index < -0.39 is 54.6 Å². The van der Waals surface area contributed by atoms with Crippen LogP contribution in [0.15, 0.2) is 30.3 Å². The van der Waals surface area contributed by atoms with Crippen molar-refractivity contribution in [3.8, 4) is 0 Å². The Morgan fingerprint density at radius 2 is 1.39 bits per heavy atom. The molecule has 0 N–H and O–H groups in total. The second kappa shape index (κ2) is 13.3. The molecule has 11 heteroatoms. The van der Waals surface area contributed by atoms with Crippen LogP contribution < -0.4 is 4.46 Å². The fourth-order valence-electron chi connectivity index (χ4n) is 3.16. The van der Waals surface area contributed by atoms with E-state index >= 15 is 0 Å². The molecule has 0 aliphatic carbocycles. The Kier molecular flexibility index (Phi) is 10.8. The van der Waals surface area contributed by atoms with Gasteiger partial charge in [0.15, 0.2) is 0 Å². The first-order valence-corrected chi connectivity index (χ1v) is 12.3. The van der Waals surface area contributed by atoms with Crippen LogP contribution in [0.3, 0.4) is 0 Å². The Morgan fingerprint density at radius 3 is 1.97 bits per heavy atom. The first-order chi connectivity index (χ1) is 15.7. The average Bonchev–Trinajstić information content (AvgIpc) is 2.73. The van der Waals surface area contributed by atoms with Crippen LogP contribution in [0.4, 0.5) is 0 Å². The van der Waals surface area contributed by atoms with Crippen molar-refractivity contribution >= 4 is 43.3 Å². The number of hydrogen-bond donors (Lipinski definition) is 0. The van der Waals surface area contributed by atoms with Crippen molar-refractivity contribution in [3.63, 3.8) is 0 Å². The minimum atomic E-state index is -1.23. The molecule has 0 bridgehead atoms. The summed E-state index contributed by atoms with van der Waals surface area (Å²) >= 11 is 0.138. The molecule has 10 nitrogen and oxygen atoms in total. The van der Waals surface area contributed by atoms with E-state index in [1.54, 1.807) is 0 Å². The van der Waals surface area contributed by atoms with Gasteiger partial charge in [0.05, 0.1) is 0 Å². The quantitative estimate of drug-likeness (QED) is 0.183. The molecule has 182 valence electrons. The van der Waals surface area contributed by atoms with E-state index in [0.717, 1.165) is 0 Å². The van der Waals surface area contributed by atoms with Gasteiger partial charge in [-0.1, -0.05) is 0 Å². The number of carbonyl (C=O) groups excluding carboxylic acids is 4. The predicted molar refractivity (Wildman–Crippen MR) is 115 cm³/mol. The third-order valence-corrected chi connectivity index (χ3v) is 6.37. The van der Waals surface area contributed by atoms with E-state index in [4.69, 9.17) is 28.4 Å². The zero-order chi connectivity index (χ0) is 24.4. The molecule has 1 fully saturated rings. The van der Waals surface area contributed by atoms with E-state index in [1.165, 1.54) is 32.2 Å². The van der Waals surface area contributed by atoms with Crippen molar-refractivity contribution in [2.45, 2.75) is 63.7 Å².